The average Bonchev–Trinajstić information content (AvgIpc) is 2.90. The number of H-pyrrole nitrogens is 1. The summed E-state index contributed by atoms with van der Waals surface area (Å²) in [6.45, 7) is 2.29. The van der Waals surface area contributed by atoms with Gasteiger partial charge >= 0.3 is 0 Å². The van der Waals surface area contributed by atoms with Crippen LogP contribution in [0.4, 0.5) is 0 Å². The van der Waals surface area contributed by atoms with Crippen LogP contribution in [-0.4, -0.2) is 19.6 Å². The maximum atomic E-state index is 12.0. The first-order valence-electron chi connectivity index (χ1n) is 6.92. The SMILES string of the molecule is CCCc1cc(=O)n2nc(COc3ccccc3)nc2[nH]1. The number of fused-ring (bicyclic) bond motifs is 1. The van der Waals surface area contributed by atoms with Gasteiger partial charge < -0.3 is 9.72 Å². The van der Waals surface area contributed by atoms with Gasteiger partial charge in [0.1, 0.15) is 12.4 Å². The first-order chi connectivity index (χ1) is 10.3. The quantitative estimate of drug-likeness (QED) is 0.777. The van der Waals surface area contributed by atoms with Crippen LogP contribution in [-0.2, 0) is 13.0 Å². The van der Waals surface area contributed by atoms with Crippen LogP contribution in [0.1, 0.15) is 24.9 Å². The van der Waals surface area contributed by atoms with Crippen molar-refractivity contribution in [3.63, 3.8) is 0 Å². The van der Waals surface area contributed by atoms with Crippen LogP contribution in [0.3, 0.4) is 0 Å². The Morgan fingerprint density at radius 1 is 1.29 bits per heavy atom. The Morgan fingerprint density at radius 2 is 2.10 bits per heavy atom. The number of aryl methyl sites for hydroxylation is 1. The van der Waals surface area contributed by atoms with Crippen LogP contribution in [0, 0.1) is 0 Å². The molecule has 1 aromatic carbocycles. The molecular weight excluding hydrogens is 268 g/mol. The van der Waals surface area contributed by atoms with E-state index < -0.39 is 0 Å². The summed E-state index contributed by atoms with van der Waals surface area (Å²) in [6, 6.07) is 11.0. The van der Waals surface area contributed by atoms with Gasteiger partial charge in [0.15, 0.2) is 5.82 Å². The molecule has 0 radical (unpaired) electrons. The molecule has 0 saturated heterocycles. The van der Waals surface area contributed by atoms with E-state index in [1.165, 1.54) is 4.52 Å². The number of hydrogen-bond donors (Lipinski definition) is 1. The van der Waals surface area contributed by atoms with Gasteiger partial charge in [-0.05, 0) is 18.6 Å². The zero-order valence-electron chi connectivity index (χ0n) is 11.7. The number of nitrogens with zero attached hydrogens (tertiary/aromatic N) is 3. The predicted octanol–water partition coefficient (Wildman–Crippen LogP) is 1.95. The zero-order valence-corrected chi connectivity index (χ0v) is 11.7. The number of hydrogen-bond acceptors (Lipinski definition) is 4. The van der Waals surface area contributed by atoms with Crippen molar-refractivity contribution in [2.45, 2.75) is 26.4 Å². The number of para-hydroxylation sites is 1. The Balaban J connectivity index is 1.84. The molecule has 1 N–H and O–H groups in total. The fourth-order valence-corrected chi connectivity index (χ4v) is 2.11. The lowest BCUT2D eigenvalue weighted by atomic mass is 10.2. The summed E-state index contributed by atoms with van der Waals surface area (Å²) in [6.07, 6.45) is 1.78. The van der Waals surface area contributed by atoms with E-state index in [0.717, 1.165) is 24.3 Å². The van der Waals surface area contributed by atoms with Crippen LogP contribution >= 0.6 is 0 Å². The molecule has 21 heavy (non-hydrogen) atoms. The van der Waals surface area contributed by atoms with Gasteiger partial charge in [-0.1, -0.05) is 31.5 Å². The molecule has 0 bridgehead atoms. The molecule has 0 aliphatic rings. The maximum Gasteiger partial charge on any atom is 0.275 e. The van der Waals surface area contributed by atoms with Crippen LogP contribution < -0.4 is 10.3 Å². The molecule has 0 amide bonds. The molecule has 3 rings (SSSR count). The lowest BCUT2D eigenvalue weighted by Crippen LogP contribution is -2.15. The highest BCUT2D eigenvalue weighted by atomic mass is 16.5. The average molecular weight is 284 g/mol. The van der Waals surface area contributed by atoms with E-state index in [9.17, 15) is 4.79 Å². The molecule has 108 valence electrons. The van der Waals surface area contributed by atoms with Crippen molar-refractivity contribution in [2.24, 2.45) is 0 Å². The highest BCUT2D eigenvalue weighted by molar-refractivity contribution is 5.28. The molecule has 3 aromatic rings. The predicted molar refractivity (Wildman–Crippen MR) is 78.4 cm³/mol. The fourth-order valence-electron chi connectivity index (χ4n) is 2.11. The second-order valence-corrected chi connectivity index (χ2v) is 4.75. The molecule has 0 atom stereocenters. The van der Waals surface area contributed by atoms with E-state index in [0.29, 0.717) is 11.6 Å². The van der Waals surface area contributed by atoms with Crippen molar-refractivity contribution in [2.75, 3.05) is 0 Å². The topological polar surface area (TPSA) is 72.3 Å². The van der Waals surface area contributed by atoms with Gasteiger partial charge in [0, 0.05) is 11.8 Å². The Hall–Kier alpha value is -2.63. The minimum absolute atomic E-state index is 0.175. The number of ether oxygens (including phenoxy) is 1. The standard InChI is InChI=1S/C15H16N4O2/c1-2-6-11-9-14(20)19-15(16-11)17-13(18-19)10-21-12-7-4-3-5-8-12/h3-5,7-9H,2,6,10H2,1H3,(H,16,17,18). The molecule has 0 aliphatic carbocycles. The number of aromatic nitrogens is 4. The minimum Gasteiger partial charge on any atom is -0.486 e. The Morgan fingerprint density at radius 3 is 2.86 bits per heavy atom. The molecule has 6 nitrogen and oxygen atoms in total. The van der Waals surface area contributed by atoms with Crippen LogP contribution in [0.5, 0.6) is 5.75 Å². The Labute approximate surface area is 121 Å². The lowest BCUT2D eigenvalue weighted by Gasteiger charge is -2.01. The van der Waals surface area contributed by atoms with Crippen molar-refractivity contribution in [1.29, 1.82) is 0 Å². The second kappa shape index (κ2) is 5.78. The van der Waals surface area contributed by atoms with Crippen molar-refractivity contribution < 1.29 is 4.74 Å². The van der Waals surface area contributed by atoms with E-state index in [4.69, 9.17) is 4.74 Å². The Bertz CT molecular complexity index is 792. The lowest BCUT2D eigenvalue weighted by molar-refractivity contribution is 0.296. The van der Waals surface area contributed by atoms with E-state index in [1.807, 2.05) is 30.3 Å². The van der Waals surface area contributed by atoms with Gasteiger partial charge in [0.25, 0.3) is 5.56 Å². The molecule has 6 heteroatoms. The second-order valence-electron chi connectivity index (χ2n) is 4.75. The monoisotopic (exact) mass is 284 g/mol. The first kappa shape index (κ1) is 13.4. The molecule has 0 aliphatic heterocycles. The number of aromatic amines is 1. The van der Waals surface area contributed by atoms with Gasteiger partial charge in [0.2, 0.25) is 5.78 Å². The molecular formula is C15H16N4O2. The van der Waals surface area contributed by atoms with Crippen LogP contribution in [0.25, 0.3) is 5.78 Å². The highest BCUT2D eigenvalue weighted by Crippen LogP contribution is 2.10. The fraction of sp³-hybridized carbons (Fsp3) is 0.267. The largest absolute Gasteiger partial charge is 0.486 e. The van der Waals surface area contributed by atoms with Gasteiger partial charge in [-0.2, -0.15) is 9.50 Å². The first-order valence-corrected chi connectivity index (χ1v) is 6.92. The van der Waals surface area contributed by atoms with E-state index in [2.05, 4.69) is 22.0 Å². The van der Waals surface area contributed by atoms with Crippen molar-refractivity contribution in [3.8, 4) is 5.75 Å². The van der Waals surface area contributed by atoms with Gasteiger partial charge in [-0.25, -0.2) is 0 Å². The van der Waals surface area contributed by atoms with Crippen molar-refractivity contribution >= 4 is 5.78 Å². The summed E-state index contributed by atoms with van der Waals surface area (Å²) in [5, 5.41) is 4.17. The highest BCUT2D eigenvalue weighted by Gasteiger charge is 2.08. The molecule has 0 fully saturated rings. The summed E-state index contributed by atoms with van der Waals surface area (Å²) < 4.78 is 6.85. The van der Waals surface area contributed by atoms with Gasteiger partial charge in [-0.3, -0.25) is 4.79 Å². The minimum atomic E-state index is -0.175. The summed E-state index contributed by atoms with van der Waals surface area (Å²) in [5.41, 5.74) is 0.698. The van der Waals surface area contributed by atoms with Crippen molar-refractivity contribution in [3.05, 3.63) is 58.3 Å². The Kier molecular flexibility index (Phi) is 3.68. The maximum absolute atomic E-state index is 12.0. The summed E-state index contributed by atoms with van der Waals surface area (Å²) in [7, 11) is 0. The number of nitrogens with one attached hydrogen (secondary N) is 1. The van der Waals surface area contributed by atoms with Crippen LogP contribution in [0.15, 0.2) is 41.2 Å². The molecule has 0 saturated carbocycles. The smallest absolute Gasteiger partial charge is 0.275 e. The molecule has 2 heterocycles. The third-order valence-electron chi connectivity index (χ3n) is 3.06. The third-order valence-corrected chi connectivity index (χ3v) is 3.06. The summed E-state index contributed by atoms with van der Waals surface area (Å²) >= 11 is 0. The van der Waals surface area contributed by atoms with E-state index in [1.54, 1.807) is 6.07 Å². The third kappa shape index (κ3) is 2.94. The van der Waals surface area contributed by atoms with Crippen LogP contribution in [0.2, 0.25) is 0 Å². The van der Waals surface area contributed by atoms with E-state index >= 15 is 0 Å². The normalized spacial score (nSPS) is 10.9. The van der Waals surface area contributed by atoms with Gasteiger partial charge in [-0.15, -0.1) is 5.10 Å². The zero-order chi connectivity index (χ0) is 14.7. The molecule has 0 spiro atoms. The van der Waals surface area contributed by atoms with E-state index in [-0.39, 0.29) is 12.2 Å². The summed E-state index contributed by atoms with van der Waals surface area (Å²) in [4.78, 5) is 19.4. The molecule has 0 unspecified atom stereocenters. The molecule has 2 aromatic heterocycles. The number of rotatable bonds is 5. The van der Waals surface area contributed by atoms with Gasteiger partial charge in [0.05, 0.1) is 0 Å². The van der Waals surface area contributed by atoms with Crippen molar-refractivity contribution in [1.82, 2.24) is 19.6 Å². The number of benzene rings is 1. The summed E-state index contributed by atoms with van der Waals surface area (Å²) in [5.74, 6) is 1.67.